The van der Waals surface area contributed by atoms with Crippen molar-refractivity contribution in [1.29, 1.82) is 0 Å². The van der Waals surface area contributed by atoms with Crippen LogP contribution in [0.15, 0.2) is 12.7 Å². The maximum absolute atomic E-state index is 12.3. The first-order chi connectivity index (χ1) is 15.8. The van der Waals surface area contributed by atoms with Gasteiger partial charge in [0.1, 0.15) is 24.9 Å². The highest BCUT2D eigenvalue weighted by atomic mass is 16.6. The van der Waals surface area contributed by atoms with Crippen molar-refractivity contribution in [3.8, 4) is 0 Å². The molecule has 2 aliphatic heterocycles. The van der Waals surface area contributed by atoms with Gasteiger partial charge in [-0.05, 0) is 0 Å². The summed E-state index contributed by atoms with van der Waals surface area (Å²) in [6, 6.07) is -1.48. The molecule has 14 heteroatoms. The largest absolute Gasteiger partial charge is 0.479 e. The maximum Gasteiger partial charge on any atom is 0.420 e. The number of fused-ring (bicyclic) bond motifs is 1. The molecule has 2 rings (SSSR count). The van der Waals surface area contributed by atoms with Crippen LogP contribution in [0.3, 0.4) is 0 Å². The van der Waals surface area contributed by atoms with Gasteiger partial charge in [0.2, 0.25) is 0 Å². The number of ether oxygens (including phenoxy) is 5. The van der Waals surface area contributed by atoms with Crippen molar-refractivity contribution >= 4 is 36.1 Å². The molecule has 0 aromatic rings. The molecule has 4 unspecified atom stereocenters. The van der Waals surface area contributed by atoms with Gasteiger partial charge in [0.05, 0.1) is 0 Å². The van der Waals surface area contributed by atoms with Crippen molar-refractivity contribution in [2.75, 3.05) is 6.61 Å². The average molecular weight is 487 g/mol. The number of carboxylic acids is 1. The second-order valence-corrected chi connectivity index (χ2v) is 7.67. The fourth-order valence-electron chi connectivity index (χ4n) is 3.98. The lowest BCUT2D eigenvalue weighted by Gasteiger charge is -2.46. The zero-order valence-corrected chi connectivity index (χ0v) is 18.6. The molecular formula is C20H25NO13. The molecule has 2 amide bonds. The number of aliphatic carboxylic acids is 1. The smallest absolute Gasteiger partial charge is 0.420 e. The molecule has 2 aliphatic rings. The molecule has 2 heterocycles. The minimum Gasteiger partial charge on any atom is -0.479 e. The van der Waals surface area contributed by atoms with Crippen molar-refractivity contribution in [3.63, 3.8) is 0 Å². The predicted molar refractivity (Wildman–Crippen MR) is 106 cm³/mol. The van der Waals surface area contributed by atoms with Crippen LogP contribution in [0.5, 0.6) is 0 Å². The van der Waals surface area contributed by atoms with Crippen molar-refractivity contribution in [2.45, 2.75) is 69.7 Å². The highest BCUT2D eigenvalue weighted by Crippen LogP contribution is 2.42. The van der Waals surface area contributed by atoms with Crippen LogP contribution in [0.4, 0.5) is 9.59 Å². The first-order valence-corrected chi connectivity index (χ1v) is 10.1. The van der Waals surface area contributed by atoms with E-state index in [0.717, 1.165) is 20.8 Å². The number of amides is 2. The molecule has 6 atom stereocenters. The van der Waals surface area contributed by atoms with Gasteiger partial charge in [-0.1, -0.05) is 6.08 Å². The summed E-state index contributed by atoms with van der Waals surface area (Å²) in [6.45, 7) is 5.92. The van der Waals surface area contributed by atoms with E-state index in [0.29, 0.717) is 0 Å². The summed E-state index contributed by atoms with van der Waals surface area (Å²) in [4.78, 5) is 71.6. The quantitative estimate of drug-likeness (QED) is 0.259. The normalized spacial score (nSPS) is 27.4. The predicted octanol–water partition coefficient (Wildman–Crippen LogP) is 0.469. The Labute approximate surface area is 193 Å². The summed E-state index contributed by atoms with van der Waals surface area (Å²) in [7, 11) is 0. The van der Waals surface area contributed by atoms with Crippen molar-refractivity contribution in [2.24, 2.45) is 0 Å². The summed E-state index contributed by atoms with van der Waals surface area (Å²) >= 11 is 0. The van der Waals surface area contributed by atoms with Crippen molar-refractivity contribution in [3.05, 3.63) is 12.7 Å². The fourth-order valence-corrected chi connectivity index (χ4v) is 3.98. The standard InChI is InChI=1S/C20H25NO13/c1-5-6-20(17(25)26)7-12-14(21(18(27)28)19(29)33-12)16(34-20)15(32-11(4)24)13(31-10(3)23)8-30-9(2)22/h5,12-16H,1,6-8H2,2-4H3,(H,25,26)(H,27,28)/t12?,13-,14?,15-,16?,20?/m1/s1. The van der Waals surface area contributed by atoms with Crippen LogP contribution in [0, 0.1) is 0 Å². The van der Waals surface area contributed by atoms with E-state index in [4.69, 9.17) is 23.7 Å². The first kappa shape index (κ1) is 26.6. The van der Waals surface area contributed by atoms with Crippen LogP contribution in [-0.4, -0.2) is 93.8 Å². The van der Waals surface area contributed by atoms with E-state index in [9.17, 15) is 39.0 Å². The zero-order valence-electron chi connectivity index (χ0n) is 18.6. The monoisotopic (exact) mass is 487 g/mol. The van der Waals surface area contributed by atoms with E-state index in [1.807, 2.05) is 0 Å². The molecule has 0 spiro atoms. The second-order valence-electron chi connectivity index (χ2n) is 7.67. The topological polar surface area (TPSA) is 192 Å². The average Bonchev–Trinajstić information content (AvgIpc) is 3.04. The van der Waals surface area contributed by atoms with Gasteiger partial charge in [-0.25, -0.2) is 19.3 Å². The Hall–Kier alpha value is -3.68. The lowest BCUT2D eigenvalue weighted by atomic mass is 9.81. The maximum atomic E-state index is 12.3. The number of nitrogens with zero attached hydrogens (tertiary/aromatic N) is 1. The number of carbonyl (C=O) groups excluding carboxylic acids is 4. The molecule has 2 fully saturated rings. The van der Waals surface area contributed by atoms with Crippen molar-refractivity contribution in [1.82, 2.24) is 4.90 Å². The Morgan fingerprint density at radius 2 is 1.76 bits per heavy atom. The molecule has 34 heavy (non-hydrogen) atoms. The summed E-state index contributed by atoms with van der Waals surface area (Å²) in [5.74, 6) is -4.08. The molecule has 0 radical (unpaired) electrons. The van der Waals surface area contributed by atoms with Crippen LogP contribution < -0.4 is 0 Å². The summed E-state index contributed by atoms with van der Waals surface area (Å²) in [5, 5.41) is 19.5. The van der Waals surface area contributed by atoms with Gasteiger partial charge in [-0.3, -0.25) is 14.4 Å². The number of carboxylic acid groups (broad SMARTS) is 2. The third-order valence-corrected chi connectivity index (χ3v) is 5.19. The second kappa shape index (κ2) is 10.5. The first-order valence-electron chi connectivity index (χ1n) is 10.1. The van der Waals surface area contributed by atoms with Gasteiger partial charge in [-0.2, -0.15) is 0 Å². The highest BCUT2D eigenvalue weighted by molar-refractivity contribution is 5.89. The van der Waals surface area contributed by atoms with E-state index < -0.39 is 85.2 Å². The van der Waals surface area contributed by atoms with Gasteiger partial charge in [0.25, 0.3) is 0 Å². The van der Waals surface area contributed by atoms with Crippen molar-refractivity contribution < 1.29 is 62.7 Å². The van der Waals surface area contributed by atoms with E-state index in [2.05, 4.69) is 6.58 Å². The number of rotatable bonds is 9. The highest BCUT2D eigenvalue weighted by Gasteiger charge is 2.63. The van der Waals surface area contributed by atoms with Gasteiger partial charge in [0.15, 0.2) is 17.8 Å². The third kappa shape index (κ3) is 5.62. The molecule has 2 N–H and O–H groups in total. The van der Waals surface area contributed by atoms with Gasteiger partial charge in [-0.15, -0.1) is 6.58 Å². The van der Waals surface area contributed by atoms with Gasteiger partial charge in [0, 0.05) is 33.6 Å². The van der Waals surface area contributed by atoms with E-state index in [-0.39, 0.29) is 11.3 Å². The fraction of sp³-hybridized carbons (Fsp3) is 0.600. The molecule has 0 aromatic heterocycles. The third-order valence-electron chi connectivity index (χ3n) is 5.19. The minimum absolute atomic E-state index is 0.280. The number of carbonyl (C=O) groups is 6. The molecule has 0 aliphatic carbocycles. The SMILES string of the molecule is C=CCC1(C(=O)O)CC2OC(=O)N(C(=O)O)C2C([C@H](OC(C)=O)[C@@H](COC(C)=O)OC(C)=O)O1. The van der Waals surface area contributed by atoms with Crippen LogP contribution in [-0.2, 0) is 42.9 Å². The Balaban J connectivity index is 2.65. The van der Waals surface area contributed by atoms with Gasteiger partial charge < -0.3 is 33.9 Å². The Morgan fingerprint density at radius 1 is 1.15 bits per heavy atom. The minimum atomic E-state index is -2.05. The molecule has 2 saturated heterocycles. The Morgan fingerprint density at radius 3 is 2.24 bits per heavy atom. The van der Waals surface area contributed by atoms with E-state index in [1.165, 1.54) is 6.08 Å². The number of hydrogen-bond acceptors (Lipinski definition) is 11. The van der Waals surface area contributed by atoms with E-state index >= 15 is 0 Å². The Kier molecular flexibility index (Phi) is 8.21. The molecule has 14 nitrogen and oxygen atoms in total. The lowest BCUT2D eigenvalue weighted by molar-refractivity contribution is -0.234. The number of hydrogen-bond donors (Lipinski definition) is 2. The van der Waals surface area contributed by atoms with E-state index in [1.54, 1.807) is 0 Å². The van der Waals surface area contributed by atoms with Crippen LogP contribution >= 0.6 is 0 Å². The molecule has 188 valence electrons. The summed E-state index contributed by atoms with van der Waals surface area (Å²) in [5.41, 5.74) is -2.05. The van der Waals surface area contributed by atoms with Crippen LogP contribution in [0.2, 0.25) is 0 Å². The van der Waals surface area contributed by atoms with Gasteiger partial charge >= 0.3 is 36.1 Å². The number of imide groups is 1. The lowest BCUT2D eigenvalue weighted by Crippen LogP contribution is -2.66. The molecule has 0 aromatic carbocycles. The van der Waals surface area contributed by atoms with Crippen LogP contribution in [0.25, 0.3) is 0 Å². The summed E-state index contributed by atoms with van der Waals surface area (Å²) in [6.07, 6.45) is -8.78. The summed E-state index contributed by atoms with van der Waals surface area (Å²) < 4.78 is 26.3. The Bertz CT molecular complexity index is 886. The molecular weight excluding hydrogens is 462 g/mol. The number of esters is 3. The zero-order chi connectivity index (χ0) is 25.8. The molecule has 0 saturated carbocycles. The molecule has 0 bridgehead atoms. The van der Waals surface area contributed by atoms with Crippen LogP contribution in [0.1, 0.15) is 33.6 Å².